The summed E-state index contributed by atoms with van der Waals surface area (Å²) in [4.78, 5) is 28.8. The average Bonchev–Trinajstić information content (AvgIpc) is 3.30. The van der Waals surface area contributed by atoms with E-state index in [0.29, 0.717) is 18.9 Å². The molecule has 5 nitrogen and oxygen atoms in total. The topological polar surface area (TPSA) is 52.7 Å². The van der Waals surface area contributed by atoms with Crippen molar-refractivity contribution in [2.75, 3.05) is 36.4 Å². The number of anilines is 2. The highest BCUT2D eigenvalue weighted by molar-refractivity contribution is 5.95. The van der Waals surface area contributed by atoms with Gasteiger partial charge in [-0.3, -0.25) is 9.59 Å². The van der Waals surface area contributed by atoms with E-state index < -0.39 is 0 Å². The predicted molar refractivity (Wildman–Crippen MR) is 116 cm³/mol. The Bertz CT molecular complexity index is 895. The van der Waals surface area contributed by atoms with Crippen molar-refractivity contribution >= 4 is 23.2 Å². The molecule has 0 aromatic heterocycles. The monoisotopic (exact) mass is 391 g/mol. The van der Waals surface area contributed by atoms with Gasteiger partial charge in [-0.15, -0.1) is 0 Å². The van der Waals surface area contributed by atoms with Gasteiger partial charge < -0.3 is 15.1 Å². The summed E-state index contributed by atoms with van der Waals surface area (Å²) < 4.78 is 0. The number of hydrogen-bond donors (Lipinski definition) is 1. The Morgan fingerprint density at radius 3 is 2.69 bits per heavy atom. The van der Waals surface area contributed by atoms with E-state index >= 15 is 0 Å². The molecule has 1 unspecified atom stereocenters. The lowest BCUT2D eigenvalue weighted by molar-refractivity contribution is -0.127. The molecule has 0 aliphatic carbocycles. The largest absolute Gasteiger partial charge is 0.361 e. The van der Waals surface area contributed by atoms with E-state index in [-0.39, 0.29) is 11.8 Å². The number of aryl methyl sites for hydroxylation is 1. The number of fused-ring (bicyclic) bond motifs is 1. The molecule has 1 atom stereocenters. The number of nitrogens with one attached hydrogen (secondary N) is 1. The lowest BCUT2D eigenvalue weighted by atomic mass is 9.98. The number of rotatable bonds is 7. The first-order valence-electron chi connectivity index (χ1n) is 10.6. The van der Waals surface area contributed by atoms with Crippen LogP contribution in [0.4, 0.5) is 11.4 Å². The smallest absolute Gasteiger partial charge is 0.243 e. The van der Waals surface area contributed by atoms with Gasteiger partial charge in [0.2, 0.25) is 11.8 Å². The number of nitrogens with zero attached hydrogens (tertiary/aromatic N) is 2. The molecule has 152 valence electrons. The van der Waals surface area contributed by atoms with Crippen LogP contribution in [0.5, 0.6) is 0 Å². The molecule has 0 saturated carbocycles. The molecule has 1 fully saturated rings. The van der Waals surface area contributed by atoms with Crippen LogP contribution in [0, 0.1) is 0 Å². The van der Waals surface area contributed by atoms with E-state index in [9.17, 15) is 9.59 Å². The summed E-state index contributed by atoms with van der Waals surface area (Å²) in [5.41, 5.74) is 4.48. The number of carbonyl (C=O) groups is 2. The number of carbonyl (C=O) groups excluding carboxylic acids is 2. The summed E-state index contributed by atoms with van der Waals surface area (Å²) in [6.45, 7) is 4.95. The van der Waals surface area contributed by atoms with Crippen molar-refractivity contribution in [1.82, 2.24) is 4.90 Å². The van der Waals surface area contributed by atoms with Crippen LogP contribution in [0.3, 0.4) is 0 Å². The van der Waals surface area contributed by atoms with Crippen molar-refractivity contribution < 1.29 is 9.59 Å². The Morgan fingerprint density at radius 1 is 1.10 bits per heavy atom. The zero-order valence-electron chi connectivity index (χ0n) is 17.1. The standard InChI is InChI=1S/C24H29N3O2/c1-2-18-8-3-5-10-21(18)25-23(28)17-27-16-19(20-9-4-6-11-22(20)27)13-15-26-14-7-12-24(26)29/h3-6,8-11,19H,2,7,12-17H2,1H3,(H,25,28). The Hall–Kier alpha value is -2.82. The minimum Gasteiger partial charge on any atom is -0.361 e. The molecule has 0 radical (unpaired) electrons. The zero-order valence-corrected chi connectivity index (χ0v) is 17.1. The zero-order chi connectivity index (χ0) is 20.2. The van der Waals surface area contributed by atoms with Crippen molar-refractivity contribution in [3.05, 3.63) is 59.7 Å². The maximum Gasteiger partial charge on any atom is 0.243 e. The van der Waals surface area contributed by atoms with Gasteiger partial charge in [0.05, 0.1) is 6.54 Å². The Morgan fingerprint density at radius 2 is 1.90 bits per heavy atom. The summed E-state index contributed by atoms with van der Waals surface area (Å²) in [6, 6.07) is 16.3. The first-order valence-corrected chi connectivity index (χ1v) is 10.6. The Labute approximate surface area is 172 Å². The maximum absolute atomic E-state index is 12.8. The van der Waals surface area contributed by atoms with E-state index in [2.05, 4.69) is 41.4 Å². The van der Waals surface area contributed by atoms with E-state index in [1.54, 1.807) is 0 Å². The minimum absolute atomic E-state index is 0.0103. The molecule has 2 amide bonds. The summed E-state index contributed by atoms with van der Waals surface area (Å²) in [5, 5.41) is 3.08. The highest BCUT2D eigenvalue weighted by atomic mass is 16.2. The van der Waals surface area contributed by atoms with Crippen molar-refractivity contribution in [2.24, 2.45) is 0 Å². The van der Waals surface area contributed by atoms with E-state index in [1.807, 2.05) is 29.2 Å². The molecule has 2 aliphatic heterocycles. The number of likely N-dealkylation sites (tertiary alicyclic amines) is 1. The molecule has 1 saturated heterocycles. The molecule has 2 aromatic rings. The Balaban J connectivity index is 1.41. The van der Waals surface area contributed by atoms with Gasteiger partial charge in [0.1, 0.15) is 0 Å². The number of para-hydroxylation sites is 2. The molecule has 29 heavy (non-hydrogen) atoms. The van der Waals surface area contributed by atoms with Gasteiger partial charge in [0.25, 0.3) is 0 Å². The van der Waals surface area contributed by atoms with Gasteiger partial charge in [-0.25, -0.2) is 0 Å². The second-order valence-electron chi connectivity index (χ2n) is 7.97. The van der Waals surface area contributed by atoms with Gasteiger partial charge in [-0.2, -0.15) is 0 Å². The summed E-state index contributed by atoms with van der Waals surface area (Å²) in [7, 11) is 0. The number of amides is 2. The van der Waals surface area contributed by atoms with Crippen molar-refractivity contribution in [1.29, 1.82) is 0 Å². The third-order valence-corrected chi connectivity index (χ3v) is 6.08. The van der Waals surface area contributed by atoms with Gasteiger partial charge in [0, 0.05) is 43.3 Å². The van der Waals surface area contributed by atoms with Crippen LogP contribution in [-0.4, -0.2) is 42.9 Å². The summed E-state index contributed by atoms with van der Waals surface area (Å²) >= 11 is 0. The molecule has 0 bridgehead atoms. The highest BCUT2D eigenvalue weighted by Gasteiger charge is 2.30. The second-order valence-corrected chi connectivity index (χ2v) is 7.97. The fourth-order valence-corrected chi connectivity index (χ4v) is 4.55. The molecular weight excluding hydrogens is 362 g/mol. The van der Waals surface area contributed by atoms with Crippen LogP contribution in [0.15, 0.2) is 48.5 Å². The quantitative estimate of drug-likeness (QED) is 0.781. The summed E-state index contributed by atoms with van der Waals surface area (Å²) in [6.07, 6.45) is 3.50. The van der Waals surface area contributed by atoms with Crippen molar-refractivity contribution in [3.63, 3.8) is 0 Å². The molecule has 4 rings (SSSR count). The molecular formula is C24H29N3O2. The predicted octanol–water partition coefficient (Wildman–Crippen LogP) is 3.80. The molecule has 2 aliphatic rings. The lowest BCUT2D eigenvalue weighted by Gasteiger charge is -2.21. The average molecular weight is 392 g/mol. The van der Waals surface area contributed by atoms with Crippen LogP contribution >= 0.6 is 0 Å². The fourth-order valence-electron chi connectivity index (χ4n) is 4.55. The second kappa shape index (κ2) is 8.68. The van der Waals surface area contributed by atoms with Gasteiger partial charge in [-0.05, 0) is 42.5 Å². The van der Waals surface area contributed by atoms with E-state index in [0.717, 1.165) is 55.8 Å². The Kier molecular flexibility index (Phi) is 5.84. The van der Waals surface area contributed by atoms with Crippen LogP contribution in [-0.2, 0) is 16.0 Å². The molecule has 2 heterocycles. The number of benzene rings is 2. The molecule has 2 aromatic carbocycles. The van der Waals surface area contributed by atoms with E-state index in [4.69, 9.17) is 0 Å². The van der Waals surface area contributed by atoms with Gasteiger partial charge in [-0.1, -0.05) is 43.3 Å². The highest BCUT2D eigenvalue weighted by Crippen LogP contribution is 2.38. The first kappa shape index (κ1) is 19.5. The maximum atomic E-state index is 12.8. The van der Waals surface area contributed by atoms with Gasteiger partial charge in [0.15, 0.2) is 0 Å². The fraction of sp³-hybridized carbons (Fsp3) is 0.417. The van der Waals surface area contributed by atoms with Crippen LogP contribution in [0.25, 0.3) is 0 Å². The third kappa shape index (κ3) is 4.29. The lowest BCUT2D eigenvalue weighted by Crippen LogP contribution is -2.33. The first-order chi connectivity index (χ1) is 14.2. The van der Waals surface area contributed by atoms with Crippen molar-refractivity contribution in [2.45, 2.75) is 38.5 Å². The third-order valence-electron chi connectivity index (χ3n) is 6.08. The van der Waals surface area contributed by atoms with Crippen LogP contribution < -0.4 is 10.2 Å². The molecule has 0 spiro atoms. The van der Waals surface area contributed by atoms with Crippen molar-refractivity contribution in [3.8, 4) is 0 Å². The minimum atomic E-state index is 0.0103. The van der Waals surface area contributed by atoms with Crippen LogP contribution in [0.1, 0.15) is 43.2 Å². The van der Waals surface area contributed by atoms with Gasteiger partial charge >= 0.3 is 0 Å². The SMILES string of the molecule is CCc1ccccc1NC(=O)CN1CC(CCN2CCCC2=O)c2ccccc21. The summed E-state index contributed by atoms with van der Waals surface area (Å²) in [5.74, 6) is 0.647. The normalized spacial score (nSPS) is 18.2. The number of hydrogen-bond acceptors (Lipinski definition) is 3. The molecule has 5 heteroatoms. The van der Waals surface area contributed by atoms with E-state index in [1.165, 1.54) is 5.56 Å². The molecule has 1 N–H and O–H groups in total. The van der Waals surface area contributed by atoms with Crippen LogP contribution in [0.2, 0.25) is 0 Å².